The number of anilines is 1. The summed E-state index contributed by atoms with van der Waals surface area (Å²) in [7, 11) is 0. The first kappa shape index (κ1) is 20.6. The highest BCUT2D eigenvalue weighted by molar-refractivity contribution is 5.93. The molecule has 166 valence electrons. The molecule has 1 atom stereocenters. The Labute approximate surface area is 185 Å². The standard InChI is InChI=1S/C24H26FN5O2/c25-18-6-8-19(9-7-18)27-12-14-28(15-13-27)20-4-3-10-29(17-20)23(31)21-16-26-22-5-1-2-11-30(22)24(21)32/h1-2,5-9,11,16,20H,3-4,10,12-15,17H2/t20-/m0/s1. The Balaban J connectivity index is 1.25. The SMILES string of the molecule is O=C(c1cnc2ccccn2c1=O)N1CCC[C@H](N2CCN(c3ccc(F)cc3)CC2)C1. The van der Waals surface area contributed by atoms with Crippen molar-refractivity contribution in [3.8, 4) is 0 Å². The van der Waals surface area contributed by atoms with Gasteiger partial charge in [-0.1, -0.05) is 6.07 Å². The van der Waals surface area contributed by atoms with Gasteiger partial charge in [-0.25, -0.2) is 9.37 Å². The highest BCUT2D eigenvalue weighted by atomic mass is 19.1. The van der Waals surface area contributed by atoms with Crippen molar-refractivity contribution in [2.45, 2.75) is 18.9 Å². The highest BCUT2D eigenvalue weighted by Crippen LogP contribution is 2.22. The van der Waals surface area contributed by atoms with E-state index >= 15 is 0 Å². The second kappa shape index (κ2) is 8.70. The number of nitrogens with zero attached hydrogens (tertiary/aromatic N) is 5. The lowest BCUT2D eigenvalue weighted by Gasteiger charge is -2.43. The molecule has 7 nitrogen and oxygen atoms in total. The first-order valence-corrected chi connectivity index (χ1v) is 11.1. The number of halogens is 1. The summed E-state index contributed by atoms with van der Waals surface area (Å²) in [6, 6.07) is 12.2. The summed E-state index contributed by atoms with van der Waals surface area (Å²) in [6.45, 7) is 4.79. The zero-order valence-corrected chi connectivity index (χ0v) is 17.9. The predicted molar refractivity (Wildman–Crippen MR) is 121 cm³/mol. The number of piperidine rings is 1. The number of carbonyl (C=O) groups excluding carboxylic acids is 1. The van der Waals surface area contributed by atoms with Crippen LogP contribution in [0.5, 0.6) is 0 Å². The van der Waals surface area contributed by atoms with Gasteiger partial charge in [0.05, 0.1) is 0 Å². The second-order valence-corrected chi connectivity index (χ2v) is 8.45. The van der Waals surface area contributed by atoms with E-state index in [4.69, 9.17) is 0 Å². The highest BCUT2D eigenvalue weighted by Gasteiger charge is 2.31. The van der Waals surface area contributed by atoms with Gasteiger partial charge in [-0.15, -0.1) is 0 Å². The second-order valence-electron chi connectivity index (χ2n) is 8.45. The summed E-state index contributed by atoms with van der Waals surface area (Å²) in [4.78, 5) is 36.8. The Kier molecular flexibility index (Phi) is 5.61. The fourth-order valence-corrected chi connectivity index (χ4v) is 4.78. The molecule has 4 heterocycles. The summed E-state index contributed by atoms with van der Waals surface area (Å²) >= 11 is 0. The number of hydrogen-bond donors (Lipinski definition) is 0. The van der Waals surface area contributed by atoms with Gasteiger partial charge in [0.1, 0.15) is 17.0 Å². The summed E-state index contributed by atoms with van der Waals surface area (Å²) in [5.41, 5.74) is 1.37. The molecule has 2 aliphatic rings. The molecule has 0 unspecified atom stereocenters. The Morgan fingerprint density at radius 1 is 1.00 bits per heavy atom. The molecule has 32 heavy (non-hydrogen) atoms. The zero-order valence-electron chi connectivity index (χ0n) is 17.9. The number of likely N-dealkylation sites (tertiary alicyclic amines) is 1. The number of carbonyl (C=O) groups is 1. The minimum absolute atomic E-state index is 0.121. The van der Waals surface area contributed by atoms with Crippen LogP contribution in [-0.2, 0) is 0 Å². The van der Waals surface area contributed by atoms with Crippen molar-refractivity contribution in [3.63, 3.8) is 0 Å². The van der Waals surface area contributed by atoms with Crippen LogP contribution in [0.25, 0.3) is 5.65 Å². The van der Waals surface area contributed by atoms with Gasteiger partial charge < -0.3 is 9.80 Å². The predicted octanol–water partition coefficient (Wildman–Crippen LogP) is 2.26. The van der Waals surface area contributed by atoms with E-state index in [2.05, 4.69) is 14.8 Å². The van der Waals surface area contributed by atoms with Crippen LogP contribution in [0.4, 0.5) is 10.1 Å². The van der Waals surface area contributed by atoms with Crippen LogP contribution in [0.2, 0.25) is 0 Å². The van der Waals surface area contributed by atoms with E-state index in [9.17, 15) is 14.0 Å². The summed E-state index contributed by atoms with van der Waals surface area (Å²) in [5, 5.41) is 0. The molecule has 1 amide bonds. The molecule has 0 N–H and O–H groups in total. The number of pyridine rings is 1. The maximum Gasteiger partial charge on any atom is 0.270 e. The van der Waals surface area contributed by atoms with E-state index in [1.54, 1.807) is 23.2 Å². The van der Waals surface area contributed by atoms with Gasteiger partial charge in [0.25, 0.3) is 11.5 Å². The monoisotopic (exact) mass is 435 g/mol. The molecule has 0 spiro atoms. The minimum atomic E-state index is -0.323. The summed E-state index contributed by atoms with van der Waals surface area (Å²) in [5.74, 6) is -0.462. The van der Waals surface area contributed by atoms with Crippen molar-refractivity contribution in [2.75, 3.05) is 44.2 Å². The molecule has 0 saturated carbocycles. The topological polar surface area (TPSA) is 61.2 Å². The van der Waals surface area contributed by atoms with E-state index < -0.39 is 0 Å². The molecule has 2 aromatic heterocycles. The van der Waals surface area contributed by atoms with Gasteiger partial charge in [0.15, 0.2) is 0 Å². The van der Waals surface area contributed by atoms with E-state index in [-0.39, 0.29) is 28.9 Å². The molecule has 8 heteroatoms. The number of hydrogen-bond acceptors (Lipinski definition) is 5. The smallest absolute Gasteiger partial charge is 0.270 e. The van der Waals surface area contributed by atoms with Crippen molar-refractivity contribution < 1.29 is 9.18 Å². The van der Waals surface area contributed by atoms with Gasteiger partial charge in [-0.2, -0.15) is 0 Å². The summed E-state index contributed by atoms with van der Waals surface area (Å²) in [6.07, 6.45) is 5.00. The van der Waals surface area contributed by atoms with Crippen LogP contribution in [-0.4, -0.2) is 70.4 Å². The third-order valence-electron chi connectivity index (χ3n) is 6.55. The number of rotatable bonds is 3. The molecular formula is C24H26FN5O2. The molecule has 0 aliphatic carbocycles. The van der Waals surface area contributed by atoms with Crippen molar-refractivity contribution in [1.82, 2.24) is 19.2 Å². The number of benzene rings is 1. The van der Waals surface area contributed by atoms with E-state index in [1.807, 2.05) is 18.2 Å². The van der Waals surface area contributed by atoms with Crippen LogP contribution in [0.1, 0.15) is 23.2 Å². The van der Waals surface area contributed by atoms with E-state index in [0.717, 1.165) is 44.7 Å². The van der Waals surface area contributed by atoms with Crippen molar-refractivity contribution in [2.24, 2.45) is 0 Å². The Bertz CT molecular complexity index is 1170. The molecule has 3 aromatic rings. The van der Waals surface area contributed by atoms with Gasteiger partial charge in [-0.3, -0.25) is 18.9 Å². The van der Waals surface area contributed by atoms with Crippen LogP contribution in [0.15, 0.2) is 59.7 Å². The number of piperazine rings is 1. The quantitative estimate of drug-likeness (QED) is 0.632. The lowest BCUT2D eigenvalue weighted by atomic mass is 10.0. The number of fused-ring (bicyclic) bond motifs is 1. The normalized spacial score (nSPS) is 20.0. The van der Waals surface area contributed by atoms with Gasteiger partial charge >= 0.3 is 0 Å². The fourth-order valence-electron chi connectivity index (χ4n) is 4.78. The van der Waals surface area contributed by atoms with Gasteiger partial charge in [-0.05, 0) is 49.2 Å². The molecule has 0 radical (unpaired) electrons. The van der Waals surface area contributed by atoms with E-state index in [0.29, 0.717) is 18.7 Å². The van der Waals surface area contributed by atoms with Crippen LogP contribution in [0, 0.1) is 5.82 Å². The van der Waals surface area contributed by atoms with Crippen LogP contribution < -0.4 is 10.5 Å². The summed E-state index contributed by atoms with van der Waals surface area (Å²) < 4.78 is 14.6. The van der Waals surface area contributed by atoms with E-state index in [1.165, 1.54) is 22.7 Å². The average molecular weight is 436 g/mol. The van der Waals surface area contributed by atoms with Crippen molar-refractivity contribution >= 4 is 17.2 Å². The number of aromatic nitrogens is 2. The molecule has 2 fully saturated rings. The molecule has 2 aliphatic heterocycles. The zero-order chi connectivity index (χ0) is 22.1. The maximum absolute atomic E-state index is 13.2. The average Bonchev–Trinajstić information content (AvgIpc) is 2.85. The number of amides is 1. The molecule has 1 aromatic carbocycles. The Hall–Kier alpha value is -3.26. The third-order valence-corrected chi connectivity index (χ3v) is 6.55. The Morgan fingerprint density at radius 3 is 2.56 bits per heavy atom. The van der Waals surface area contributed by atoms with Gasteiger partial charge in [0, 0.05) is 63.4 Å². The minimum Gasteiger partial charge on any atom is -0.369 e. The third kappa shape index (κ3) is 3.98. The molecule has 5 rings (SSSR count). The van der Waals surface area contributed by atoms with Crippen LogP contribution in [0.3, 0.4) is 0 Å². The first-order chi connectivity index (χ1) is 15.6. The Morgan fingerprint density at radius 2 is 1.78 bits per heavy atom. The molecular weight excluding hydrogens is 409 g/mol. The largest absolute Gasteiger partial charge is 0.369 e. The lowest BCUT2D eigenvalue weighted by Crippen LogP contribution is -2.56. The first-order valence-electron chi connectivity index (χ1n) is 11.1. The lowest BCUT2D eigenvalue weighted by molar-refractivity contribution is 0.0561. The van der Waals surface area contributed by atoms with Crippen LogP contribution >= 0.6 is 0 Å². The molecule has 0 bridgehead atoms. The van der Waals surface area contributed by atoms with Crippen molar-refractivity contribution in [3.05, 3.63) is 76.6 Å². The van der Waals surface area contributed by atoms with Crippen molar-refractivity contribution in [1.29, 1.82) is 0 Å². The molecule has 2 saturated heterocycles. The maximum atomic E-state index is 13.2. The fraction of sp³-hybridized carbons (Fsp3) is 0.375. The van der Waals surface area contributed by atoms with Gasteiger partial charge in [0.2, 0.25) is 0 Å².